The van der Waals surface area contributed by atoms with E-state index in [4.69, 9.17) is 10.9 Å². The van der Waals surface area contributed by atoms with E-state index in [1.807, 2.05) is 12.1 Å². The summed E-state index contributed by atoms with van der Waals surface area (Å²) in [7, 11) is 1.77. The molecule has 3 unspecified atom stereocenters. The molecule has 1 aromatic carbocycles. The molecular weight excluding hydrogens is 392 g/mol. The van der Waals surface area contributed by atoms with Crippen LogP contribution in [0.15, 0.2) is 52.3 Å². The summed E-state index contributed by atoms with van der Waals surface area (Å²) in [5.74, 6) is 4.98. The molecule has 0 aliphatic heterocycles. The van der Waals surface area contributed by atoms with Crippen LogP contribution in [0.25, 0.3) is 16.7 Å². The molecule has 8 nitrogen and oxygen atoms in total. The van der Waals surface area contributed by atoms with Crippen LogP contribution in [0.3, 0.4) is 0 Å². The lowest BCUT2D eigenvalue weighted by molar-refractivity contribution is 0.364. The van der Waals surface area contributed by atoms with Crippen molar-refractivity contribution in [2.75, 3.05) is 0 Å². The predicted octanol–water partition coefficient (Wildman–Crippen LogP) is 2.36. The van der Waals surface area contributed by atoms with E-state index in [0.717, 1.165) is 12.0 Å². The van der Waals surface area contributed by atoms with Gasteiger partial charge in [0.25, 0.3) is 5.56 Å². The second-order valence-corrected chi connectivity index (χ2v) is 8.14. The van der Waals surface area contributed by atoms with E-state index in [0.29, 0.717) is 34.7 Å². The Balaban J connectivity index is 1.19. The number of aromatic nitrogens is 6. The minimum Gasteiger partial charge on any atom is -0.337 e. The fourth-order valence-electron chi connectivity index (χ4n) is 4.60. The number of hydrogen-bond acceptors (Lipinski definition) is 6. The fourth-order valence-corrected chi connectivity index (χ4v) is 4.60. The number of nitrogens with zero attached hydrogens (tertiary/aromatic N) is 6. The van der Waals surface area contributed by atoms with Crippen molar-refractivity contribution in [3.63, 3.8) is 0 Å². The normalized spacial score (nSPS) is 21.7. The molecule has 4 aromatic rings. The van der Waals surface area contributed by atoms with Gasteiger partial charge in [-0.05, 0) is 41.5 Å². The Hall–Kier alpha value is -3.99. The van der Waals surface area contributed by atoms with E-state index in [2.05, 4.69) is 44.2 Å². The third-order valence-corrected chi connectivity index (χ3v) is 6.29. The van der Waals surface area contributed by atoms with Crippen molar-refractivity contribution >= 4 is 16.7 Å². The summed E-state index contributed by atoms with van der Waals surface area (Å²) < 4.78 is 8.57. The van der Waals surface area contributed by atoms with Gasteiger partial charge in [0.05, 0.1) is 6.33 Å². The molecular formula is C23H18N6O2. The molecule has 2 aliphatic carbocycles. The second kappa shape index (κ2) is 6.51. The van der Waals surface area contributed by atoms with Gasteiger partial charge in [0.1, 0.15) is 12.9 Å². The molecule has 0 spiro atoms. The van der Waals surface area contributed by atoms with Gasteiger partial charge in [0.2, 0.25) is 5.89 Å². The van der Waals surface area contributed by atoms with Crippen LogP contribution in [0.4, 0.5) is 0 Å². The Kier molecular flexibility index (Phi) is 3.74. The zero-order chi connectivity index (χ0) is 21.1. The summed E-state index contributed by atoms with van der Waals surface area (Å²) in [6, 6.07) is 8.11. The van der Waals surface area contributed by atoms with Crippen LogP contribution in [0.5, 0.6) is 0 Å². The van der Waals surface area contributed by atoms with Crippen molar-refractivity contribution < 1.29 is 4.52 Å². The summed E-state index contributed by atoms with van der Waals surface area (Å²) >= 11 is 0. The lowest BCUT2D eigenvalue weighted by Crippen LogP contribution is -2.22. The van der Waals surface area contributed by atoms with Gasteiger partial charge in [-0.2, -0.15) is 4.98 Å². The Morgan fingerprint density at radius 1 is 1.23 bits per heavy atom. The molecule has 1 fully saturated rings. The number of terminal acetylenes is 1. The Bertz CT molecular complexity index is 1450. The largest absolute Gasteiger partial charge is 0.337 e. The molecule has 2 aliphatic rings. The summed E-state index contributed by atoms with van der Waals surface area (Å²) in [6.07, 6.45) is 11.8. The summed E-state index contributed by atoms with van der Waals surface area (Å²) in [6.45, 7) is 0.185. The highest BCUT2D eigenvalue weighted by atomic mass is 16.5. The van der Waals surface area contributed by atoms with Crippen molar-refractivity contribution in [3.05, 3.63) is 76.2 Å². The lowest BCUT2D eigenvalue weighted by atomic mass is 10.00. The topological polar surface area (TPSA) is 91.6 Å². The first-order valence-corrected chi connectivity index (χ1v) is 10.1. The maximum atomic E-state index is 12.7. The van der Waals surface area contributed by atoms with Gasteiger partial charge >= 0.3 is 0 Å². The average molecular weight is 410 g/mol. The van der Waals surface area contributed by atoms with Crippen LogP contribution in [0, 0.1) is 24.2 Å². The van der Waals surface area contributed by atoms with Crippen molar-refractivity contribution in [2.24, 2.45) is 18.9 Å². The van der Waals surface area contributed by atoms with Crippen molar-refractivity contribution in [1.29, 1.82) is 0 Å². The summed E-state index contributed by atoms with van der Waals surface area (Å²) in [5, 5.41) is 4.19. The predicted molar refractivity (Wildman–Crippen MR) is 113 cm³/mol. The van der Waals surface area contributed by atoms with Crippen molar-refractivity contribution in [3.8, 4) is 12.3 Å². The van der Waals surface area contributed by atoms with Crippen LogP contribution in [0.1, 0.15) is 35.2 Å². The van der Waals surface area contributed by atoms with E-state index < -0.39 is 0 Å². The minimum absolute atomic E-state index is 0.184. The quantitative estimate of drug-likeness (QED) is 0.480. The molecule has 0 saturated heterocycles. The maximum Gasteiger partial charge on any atom is 0.280 e. The van der Waals surface area contributed by atoms with Gasteiger partial charge in [-0.3, -0.25) is 9.36 Å². The van der Waals surface area contributed by atoms with E-state index in [1.54, 1.807) is 17.9 Å². The minimum atomic E-state index is -0.184. The Morgan fingerprint density at radius 3 is 2.77 bits per heavy atom. The van der Waals surface area contributed by atoms with Crippen molar-refractivity contribution in [1.82, 2.24) is 29.2 Å². The average Bonchev–Trinajstić information content (AvgIpc) is 3.21. The monoisotopic (exact) mass is 410 g/mol. The molecule has 3 heterocycles. The summed E-state index contributed by atoms with van der Waals surface area (Å²) in [5.41, 5.74) is 4.15. The first-order valence-electron chi connectivity index (χ1n) is 10.1. The van der Waals surface area contributed by atoms with E-state index >= 15 is 0 Å². The highest BCUT2D eigenvalue weighted by molar-refractivity contribution is 5.71. The van der Waals surface area contributed by atoms with Crippen LogP contribution >= 0.6 is 0 Å². The molecule has 8 heteroatoms. The molecule has 31 heavy (non-hydrogen) atoms. The highest BCUT2D eigenvalue weighted by Crippen LogP contribution is 2.62. The molecule has 0 amide bonds. The highest BCUT2D eigenvalue weighted by Gasteiger charge is 2.55. The molecule has 3 aromatic heterocycles. The van der Waals surface area contributed by atoms with Crippen LogP contribution < -0.4 is 5.56 Å². The molecule has 3 atom stereocenters. The van der Waals surface area contributed by atoms with E-state index in [9.17, 15) is 4.79 Å². The first-order chi connectivity index (χ1) is 15.1. The SMILES string of the molecule is C#Cc1ccc(C2=CC3C(C2)C3c2noc(Cn3cnc4ncn(C)c4c3=O)n2)cc1. The Morgan fingerprint density at radius 2 is 2.03 bits per heavy atom. The van der Waals surface area contributed by atoms with E-state index in [1.165, 1.54) is 22.0 Å². The Labute approximate surface area is 177 Å². The number of benzene rings is 1. The second-order valence-electron chi connectivity index (χ2n) is 8.14. The zero-order valence-corrected chi connectivity index (χ0v) is 16.8. The van der Waals surface area contributed by atoms with Gasteiger partial charge < -0.3 is 9.09 Å². The molecule has 152 valence electrons. The van der Waals surface area contributed by atoms with Crippen LogP contribution in [-0.2, 0) is 13.6 Å². The molecule has 0 bridgehead atoms. The van der Waals surface area contributed by atoms with Gasteiger partial charge in [-0.25, -0.2) is 9.97 Å². The molecule has 1 saturated carbocycles. The number of aryl methyl sites for hydroxylation is 1. The van der Waals surface area contributed by atoms with Gasteiger partial charge in [-0.15, -0.1) is 6.42 Å². The van der Waals surface area contributed by atoms with E-state index in [-0.39, 0.29) is 18.0 Å². The maximum absolute atomic E-state index is 12.7. The number of imidazole rings is 1. The standard InChI is InChI=1S/C23H18N6O2/c1-3-13-4-6-14(7-5-13)15-8-16-17(9-15)19(16)21-26-18(31-27-21)10-29-12-25-22-20(23(29)30)28(2)11-24-22/h1,4-8,11-12,16-17,19H,9-10H2,2H3. The number of rotatable bonds is 4. The fraction of sp³-hybridized carbons (Fsp3) is 0.261. The van der Waals surface area contributed by atoms with Crippen molar-refractivity contribution in [2.45, 2.75) is 18.9 Å². The molecule has 0 radical (unpaired) electrons. The third kappa shape index (κ3) is 2.81. The van der Waals surface area contributed by atoms with Crippen LogP contribution in [0.2, 0.25) is 0 Å². The molecule has 0 N–H and O–H groups in total. The third-order valence-electron chi connectivity index (χ3n) is 6.29. The number of hydrogen-bond donors (Lipinski definition) is 0. The smallest absolute Gasteiger partial charge is 0.280 e. The zero-order valence-electron chi connectivity index (χ0n) is 16.8. The summed E-state index contributed by atoms with van der Waals surface area (Å²) in [4.78, 5) is 25.6. The van der Waals surface area contributed by atoms with Gasteiger partial charge in [-0.1, -0.05) is 29.3 Å². The first kappa shape index (κ1) is 17.8. The van der Waals surface area contributed by atoms with Crippen LogP contribution in [-0.4, -0.2) is 29.2 Å². The number of fused-ring (bicyclic) bond motifs is 2. The van der Waals surface area contributed by atoms with Gasteiger partial charge in [0.15, 0.2) is 17.0 Å². The van der Waals surface area contributed by atoms with Gasteiger partial charge in [0, 0.05) is 18.5 Å². The number of allylic oxidation sites excluding steroid dienone is 2. The molecule has 6 rings (SSSR count). The lowest BCUT2D eigenvalue weighted by Gasteiger charge is -2.05.